The molecule has 0 aliphatic heterocycles. The number of nitrogens with one attached hydrogen (secondary N) is 1. The van der Waals surface area contributed by atoms with Crippen molar-refractivity contribution in [2.24, 2.45) is 0 Å². The zero-order valence-corrected chi connectivity index (χ0v) is 11.6. The lowest BCUT2D eigenvalue weighted by Crippen LogP contribution is -2.20. The van der Waals surface area contributed by atoms with Crippen molar-refractivity contribution < 1.29 is 18.0 Å². The molecular formula is C15H14F2N2O2. The van der Waals surface area contributed by atoms with Crippen LogP contribution in [0.1, 0.15) is 22.9 Å². The van der Waals surface area contributed by atoms with Gasteiger partial charge in [-0.2, -0.15) is 0 Å². The van der Waals surface area contributed by atoms with E-state index in [1.54, 1.807) is 13.8 Å². The average Bonchev–Trinajstić information content (AvgIpc) is 2.75. The van der Waals surface area contributed by atoms with Crippen molar-refractivity contribution in [1.29, 1.82) is 0 Å². The molecule has 0 bridgehead atoms. The Morgan fingerprint density at radius 2 is 2.00 bits per heavy atom. The van der Waals surface area contributed by atoms with Crippen molar-refractivity contribution in [2.75, 3.05) is 0 Å². The molecule has 1 aromatic carbocycles. The van der Waals surface area contributed by atoms with E-state index in [0.717, 1.165) is 30.0 Å². The Labute approximate surface area is 120 Å². The lowest BCUT2D eigenvalue weighted by molar-refractivity contribution is -0.116. The number of carbonyl (C=O) groups excluding carboxylic acids is 1. The number of carbonyl (C=O) groups is 1. The number of rotatable bonds is 4. The Kier molecular flexibility index (Phi) is 4.47. The third-order valence-electron chi connectivity index (χ3n) is 2.89. The zero-order valence-electron chi connectivity index (χ0n) is 11.6. The van der Waals surface area contributed by atoms with Gasteiger partial charge in [0.2, 0.25) is 11.8 Å². The van der Waals surface area contributed by atoms with E-state index in [0.29, 0.717) is 11.7 Å². The summed E-state index contributed by atoms with van der Waals surface area (Å²) in [7, 11) is 0. The number of aromatic nitrogens is 1. The van der Waals surface area contributed by atoms with Gasteiger partial charge in [-0.05, 0) is 32.1 Å². The SMILES string of the molecule is Cc1nc(CNC(=O)/C=C/c2c(F)cccc2F)oc1C. The van der Waals surface area contributed by atoms with Crippen molar-refractivity contribution in [1.82, 2.24) is 10.3 Å². The minimum absolute atomic E-state index is 0.109. The summed E-state index contributed by atoms with van der Waals surface area (Å²) in [6.45, 7) is 3.68. The molecule has 2 rings (SSSR count). The molecule has 0 atom stereocenters. The van der Waals surface area contributed by atoms with E-state index in [1.807, 2.05) is 0 Å². The number of amides is 1. The number of benzene rings is 1. The highest BCUT2D eigenvalue weighted by molar-refractivity contribution is 5.91. The van der Waals surface area contributed by atoms with Gasteiger partial charge in [-0.25, -0.2) is 13.8 Å². The number of halogens is 2. The molecule has 0 saturated heterocycles. The Hall–Kier alpha value is -2.50. The lowest BCUT2D eigenvalue weighted by atomic mass is 10.2. The first-order valence-electron chi connectivity index (χ1n) is 6.30. The van der Waals surface area contributed by atoms with Crippen LogP contribution in [-0.2, 0) is 11.3 Å². The van der Waals surface area contributed by atoms with Crippen LogP contribution < -0.4 is 5.32 Å². The van der Waals surface area contributed by atoms with Crippen LogP contribution in [0.5, 0.6) is 0 Å². The third kappa shape index (κ3) is 3.75. The van der Waals surface area contributed by atoms with E-state index < -0.39 is 17.5 Å². The highest BCUT2D eigenvalue weighted by Gasteiger charge is 2.07. The maximum absolute atomic E-state index is 13.4. The molecule has 110 valence electrons. The van der Waals surface area contributed by atoms with E-state index in [1.165, 1.54) is 6.07 Å². The Morgan fingerprint density at radius 3 is 2.57 bits per heavy atom. The summed E-state index contributed by atoms with van der Waals surface area (Å²) in [6.07, 6.45) is 2.15. The van der Waals surface area contributed by atoms with Crippen molar-refractivity contribution in [3.05, 3.63) is 58.8 Å². The molecule has 0 unspecified atom stereocenters. The van der Waals surface area contributed by atoms with Gasteiger partial charge in [0.1, 0.15) is 17.4 Å². The van der Waals surface area contributed by atoms with Crippen LogP contribution in [0.15, 0.2) is 28.7 Å². The van der Waals surface area contributed by atoms with Gasteiger partial charge >= 0.3 is 0 Å². The minimum Gasteiger partial charge on any atom is -0.444 e. The Bertz CT molecular complexity index is 653. The molecule has 1 aromatic heterocycles. The monoisotopic (exact) mass is 292 g/mol. The molecule has 0 aliphatic rings. The third-order valence-corrected chi connectivity index (χ3v) is 2.89. The van der Waals surface area contributed by atoms with Gasteiger partial charge in [-0.3, -0.25) is 4.79 Å². The summed E-state index contributed by atoms with van der Waals surface area (Å²) in [6, 6.07) is 3.51. The molecule has 1 N–H and O–H groups in total. The molecule has 21 heavy (non-hydrogen) atoms. The first-order valence-corrected chi connectivity index (χ1v) is 6.30. The van der Waals surface area contributed by atoms with Crippen LogP contribution >= 0.6 is 0 Å². The first-order chi connectivity index (χ1) is 9.97. The predicted molar refractivity (Wildman–Crippen MR) is 73.2 cm³/mol. The van der Waals surface area contributed by atoms with Gasteiger partial charge in [0.25, 0.3) is 0 Å². The van der Waals surface area contributed by atoms with Crippen molar-refractivity contribution >= 4 is 12.0 Å². The molecular weight excluding hydrogens is 278 g/mol. The highest BCUT2D eigenvalue weighted by atomic mass is 19.1. The number of hydrogen-bond donors (Lipinski definition) is 1. The predicted octanol–water partition coefficient (Wildman–Crippen LogP) is 2.90. The molecule has 1 heterocycles. The molecule has 0 aliphatic carbocycles. The van der Waals surface area contributed by atoms with Gasteiger partial charge in [-0.15, -0.1) is 0 Å². The molecule has 4 nitrogen and oxygen atoms in total. The van der Waals surface area contributed by atoms with Crippen molar-refractivity contribution in [2.45, 2.75) is 20.4 Å². The topological polar surface area (TPSA) is 55.1 Å². The molecule has 6 heteroatoms. The number of oxazole rings is 1. The summed E-state index contributed by atoms with van der Waals surface area (Å²) in [5.74, 6) is -0.880. The van der Waals surface area contributed by atoms with Crippen LogP contribution in [-0.4, -0.2) is 10.9 Å². The number of aryl methyl sites for hydroxylation is 2. The highest BCUT2D eigenvalue weighted by Crippen LogP contribution is 2.13. The van der Waals surface area contributed by atoms with Gasteiger partial charge in [0.15, 0.2) is 0 Å². The van der Waals surface area contributed by atoms with E-state index in [4.69, 9.17) is 4.42 Å². The lowest BCUT2D eigenvalue weighted by Gasteiger charge is -1.99. The molecule has 0 radical (unpaired) electrons. The van der Waals surface area contributed by atoms with Gasteiger partial charge in [0, 0.05) is 11.6 Å². The first kappa shape index (κ1) is 14.9. The average molecular weight is 292 g/mol. The van der Waals surface area contributed by atoms with Crippen LogP contribution in [0.4, 0.5) is 8.78 Å². The Balaban J connectivity index is 1.97. The van der Waals surface area contributed by atoms with Crippen LogP contribution in [0, 0.1) is 25.5 Å². The summed E-state index contributed by atoms with van der Waals surface area (Å²) in [4.78, 5) is 15.7. The summed E-state index contributed by atoms with van der Waals surface area (Å²) < 4.78 is 32.0. The standard InChI is InChI=1S/C15H14F2N2O2/c1-9-10(2)21-15(19-9)8-18-14(20)7-6-11-12(16)4-3-5-13(11)17/h3-7H,8H2,1-2H3,(H,18,20)/b7-6+. The van der Waals surface area contributed by atoms with Crippen LogP contribution in [0.3, 0.4) is 0 Å². The molecule has 0 saturated carbocycles. The van der Waals surface area contributed by atoms with E-state index >= 15 is 0 Å². The normalized spacial score (nSPS) is 11.0. The quantitative estimate of drug-likeness (QED) is 0.882. The molecule has 2 aromatic rings. The molecule has 0 spiro atoms. The molecule has 1 amide bonds. The van der Waals surface area contributed by atoms with E-state index in [-0.39, 0.29) is 12.1 Å². The van der Waals surface area contributed by atoms with Crippen LogP contribution in [0.25, 0.3) is 6.08 Å². The number of nitrogens with zero attached hydrogens (tertiary/aromatic N) is 1. The van der Waals surface area contributed by atoms with E-state index in [9.17, 15) is 13.6 Å². The van der Waals surface area contributed by atoms with Crippen LogP contribution in [0.2, 0.25) is 0 Å². The summed E-state index contributed by atoms with van der Waals surface area (Å²) in [5, 5.41) is 2.52. The second kappa shape index (κ2) is 6.30. The van der Waals surface area contributed by atoms with Gasteiger partial charge in [0.05, 0.1) is 12.2 Å². The van der Waals surface area contributed by atoms with Crippen molar-refractivity contribution in [3.63, 3.8) is 0 Å². The minimum atomic E-state index is -0.724. The molecule has 0 fully saturated rings. The Morgan fingerprint density at radius 1 is 1.33 bits per heavy atom. The zero-order chi connectivity index (χ0) is 15.4. The maximum atomic E-state index is 13.4. The van der Waals surface area contributed by atoms with Gasteiger partial charge in [-0.1, -0.05) is 6.07 Å². The summed E-state index contributed by atoms with van der Waals surface area (Å²) in [5.41, 5.74) is 0.499. The summed E-state index contributed by atoms with van der Waals surface area (Å²) >= 11 is 0. The van der Waals surface area contributed by atoms with Gasteiger partial charge < -0.3 is 9.73 Å². The van der Waals surface area contributed by atoms with Crippen molar-refractivity contribution in [3.8, 4) is 0 Å². The second-order valence-electron chi connectivity index (χ2n) is 4.44. The smallest absolute Gasteiger partial charge is 0.244 e. The second-order valence-corrected chi connectivity index (χ2v) is 4.44. The fraction of sp³-hybridized carbons (Fsp3) is 0.200. The maximum Gasteiger partial charge on any atom is 0.244 e. The largest absolute Gasteiger partial charge is 0.444 e. The fourth-order valence-corrected chi connectivity index (χ4v) is 1.67. The number of hydrogen-bond acceptors (Lipinski definition) is 3. The van der Waals surface area contributed by atoms with E-state index in [2.05, 4.69) is 10.3 Å². The fourth-order valence-electron chi connectivity index (χ4n) is 1.67.